The number of hydrogen-bond acceptors (Lipinski definition) is 3. The van der Waals surface area contributed by atoms with Gasteiger partial charge in [-0.25, -0.2) is 0 Å². The number of carbonyl (C=O) groups is 1. The van der Waals surface area contributed by atoms with E-state index in [4.69, 9.17) is 4.74 Å². The predicted octanol–water partition coefficient (Wildman–Crippen LogP) is 2.79. The maximum absolute atomic E-state index is 13.0. The number of pyridine rings is 1. The quantitative estimate of drug-likeness (QED) is 0.702. The summed E-state index contributed by atoms with van der Waals surface area (Å²) < 4.78 is 7.26. The smallest absolute Gasteiger partial charge is 0.263 e. The number of nitrogens with one attached hydrogen (secondary N) is 2. The molecule has 3 heterocycles. The lowest BCUT2D eigenvalue weighted by Crippen LogP contribution is -2.54. The van der Waals surface area contributed by atoms with Gasteiger partial charge in [-0.05, 0) is 49.4 Å². The minimum Gasteiger partial charge on any atom is -0.378 e. The van der Waals surface area contributed by atoms with Gasteiger partial charge in [-0.1, -0.05) is 18.2 Å². The SMILES string of the molecule is Cc1ccn(CCc2c[nH]c3ccccc23)c(=O)c1C(=O)N[C@@H]1C[C@H]2OCC[C@@H]12. The van der Waals surface area contributed by atoms with Gasteiger partial charge in [-0.15, -0.1) is 0 Å². The number of aromatic nitrogens is 2. The van der Waals surface area contributed by atoms with Crippen LogP contribution >= 0.6 is 0 Å². The predicted molar refractivity (Wildman–Crippen MR) is 111 cm³/mol. The van der Waals surface area contributed by atoms with Crippen LogP contribution in [0.5, 0.6) is 0 Å². The van der Waals surface area contributed by atoms with Crippen molar-refractivity contribution in [1.82, 2.24) is 14.9 Å². The molecule has 0 radical (unpaired) electrons. The summed E-state index contributed by atoms with van der Waals surface area (Å²) in [5.74, 6) is 0.136. The molecule has 29 heavy (non-hydrogen) atoms. The number of fused-ring (bicyclic) bond motifs is 2. The number of carbonyl (C=O) groups excluding carboxylic acids is 1. The fourth-order valence-corrected chi connectivity index (χ4v) is 4.70. The molecule has 1 aliphatic heterocycles. The van der Waals surface area contributed by atoms with E-state index in [9.17, 15) is 9.59 Å². The van der Waals surface area contributed by atoms with Crippen molar-refractivity contribution < 1.29 is 9.53 Å². The van der Waals surface area contributed by atoms with E-state index >= 15 is 0 Å². The van der Waals surface area contributed by atoms with Gasteiger partial charge in [0.25, 0.3) is 11.5 Å². The Hall–Kier alpha value is -2.86. The third-order valence-corrected chi connectivity index (χ3v) is 6.48. The summed E-state index contributed by atoms with van der Waals surface area (Å²) in [6.45, 7) is 3.12. The summed E-state index contributed by atoms with van der Waals surface area (Å²) in [7, 11) is 0. The van der Waals surface area contributed by atoms with Gasteiger partial charge in [0.2, 0.25) is 0 Å². The normalized spacial score (nSPS) is 23.0. The van der Waals surface area contributed by atoms with Gasteiger partial charge in [0.15, 0.2) is 0 Å². The highest BCUT2D eigenvalue weighted by Crippen LogP contribution is 2.38. The number of nitrogens with zero attached hydrogens (tertiary/aromatic N) is 1. The van der Waals surface area contributed by atoms with Crippen LogP contribution < -0.4 is 10.9 Å². The molecule has 6 nitrogen and oxygen atoms in total. The van der Waals surface area contributed by atoms with E-state index in [1.165, 1.54) is 10.9 Å². The fraction of sp³-hybridized carbons (Fsp3) is 0.391. The largest absolute Gasteiger partial charge is 0.378 e. The first kappa shape index (κ1) is 18.2. The standard InChI is InChI=1S/C23H25N3O3/c1-14-6-9-26(10-7-15-13-24-18-5-3-2-4-16(15)18)23(28)21(14)22(27)25-19-12-20-17(19)8-11-29-20/h2-6,9,13,17,19-20,24H,7-8,10-12H2,1H3,(H,25,27)/t17-,19+,20+/m0/s1. The van der Waals surface area contributed by atoms with E-state index < -0.39 is 0 Å². The van der Waals surface area contributed by atoms with Gasteiger partial charge >= 0.3 is 0 Å². The Morgan fingerprint density at radius 2 is 2.17 bits per heavy atom. The first-order valence-corrected chi connectivity index (χ1v) is 10.3. The molecule has 6 heteroatoms. The number of rotatable bonds is 5. The maximum Gasteiger partial charge on any atom is 0.263 e. The number of ether oxygens (including phenoxy) is 1. The molecule has 1 saturated carbocycles. The van der Waals surface area contributed by atoms with Gasteiger partial charge in [0, 0.05) is 48.4 Å². The molecule has 1 saturated heterocycles. The first-order chi connectivity index (χ1) is 14.1. The Balaban J connectivity index is 1.33. The minimum atomic E-state index is -0.260. The van der Waals surface area contributed by atoms with Crippen molar-refractivity contribution in [3.63, 3.8) is 0 Å². The Morgan fingerprint density at radius 3 is 3.03 bits per heavy atom. The molecule has 1 aromatic carbocycles. The van der Waals surface area contributed by atoms with Crippen molar-refractivity contribution in [3.8, 4) is 0 Å². The van der Waals surface area contributed by atoms with E-state index in [1.807, 2.05) is 37.4 Å². The zero-order valence-electron chi connectivity index (χ0n) is 16.5. The number of hydrogen-bond donors (Lipinski definition) is 2. The van der Waals surface area contributed by atoms with Crippen LogP contribution in [-0.4, -0.2) is 34.2 Å². The zero-order chi connectivity index (χ0) is 20.0. The first-order valence-electron chi connectivity index (χ1n) is 10.3. The molecular formula is C23H25N3O3. The van der Waals surface area contributed by atoms with Crippen molar-refractivity contribution in [2.24, 2.45) is 5.92 Å². The van der Waals surface area contributed by atoms with Crippen LogP contribution in [0.15, 0.2) is 47.5 Å². The third-order valence-electron chi connectivity index (χ3n) is 6.48. The lowest BCUT2D eigenvalue weighted by Gasteiger charge is -2.39. The summed E-state index contributed by atoms with van der Waals surface area (Å²) in [5.41, 5.74) is 3.01. The molecular weight excluding hydrogens is 366 g/mol. The van der Waals surface area contributed by atoms with E-state index in [0.29, 0.717) is 12.5 Å². The van der Waals surface area contributed by atoms with E-state index in [1.54, 1.807) is 10.8 Å². The number of aromatic amines is 1. The van der Waals surface area contributed by atoms with Gasteiger partial charge < -0.3 is 19.6 Å². The zero-order valence-corrected chi connectivity index (χ0v) is 16.5. The average molecular weight is 391 g/mol. The number of benzene rings is 1. The van der Waals surface area contributed by atoms with Crippen LogP contribution in [0.3, 0.4) is 0 Å². The van der Waals surface area contributed by atoms with Crippen LogP contribution in [0.1, 0.15) is 34.3 Å². The number of H-pyrrole nitrogens is 1. The maximum atomic E-state index is 13.0. The van der Waals surface area contributed by atoms with Crippen LogP contribution in [-0.2, 0) is 17.7 Å². The lowest BCUT2D eigenvalue weighted by molar-refractivity contribution is 0.00806. The topological polar surface area (TPSA) is 76.1 Å². The molecule has 1 aliphatic carbocycles. The van der Waals surface area contributed by atoms with Crippen LogP contribution in [0.4, 0.5) is 0 Å². The number of aryl methyl sites for hydroxylation is 3. The molecule has 2 N–H and O–H groups in total. The van der Waals surface area contributed by atoms with Gasteiger partial charge in [0.1, 0.15) is 5.56 Å². The second kappa shape index (κ2) is 7.19. The molecule has 2 aliphatic rings. The molecule has 150 valence electrons. The average Bonchev–Trinajstić information content (AvgIpc) is 3.29. The summed E-state index contributed by atoms with van der Waals surface area (Å²) in [5, 5.41) is 4.24. The molecule has 0 bridgehead atoms. The lowest BCUT2D eigenvalue weighted by atomic mass is 9.76. The van der Waals surface area contributed by atoms with Crippen molar-refractivity contribution >= 4 is 16.8 Å². The number of para-hydroxylation sites is 1. The van der Waals surface area contributed by atoms with Crippen molar-refractivity contribution in [1.29, 1.82) is 0 Å². The molecule has 3 aromatic rings. The third kappa shape index (κ3) is 3.17. The Labute approximate surface area is 168 Å². The summed E-state index contributed by atoms with van der Waals surface area (Å²) in [6.07, 6.45) is 6.61. The van der Waals surface area contributed by atoms with E-state index in [0.717, 1.165) is 36.9 Å². The molecule has 5 rings (SSSR count). The molecule has 2 fully saturated rings. The highest BCUT2D eigenvalue weighted by atomic mass is 16.5. The van der Waals surface area contributed by atoms with Crippen molar-refractivity contribution in [2.75, 3.05) is 6.61 Å². The molecule has 0 spiro atoms. The molecule has 0 unspecified atom stereocenters. The van der Waals surface area contributed by atoms with Crippen LogP contribution in [0.2, 0.25) is 0 Å². The van der Waals surface area contributed by atoms with Crippen molar-refractivity contribution in [2.45, 2.75) is 44.9 Å². The van der Waals surface area contributed by atoms with Crippen LogP contribution in [0.25, 0.3) is 10.9 Å². The Morgan fingerprint density at radius 1 is 1.31 bits per heavy atom. The van der Waals surface area contributed by atoms with E-state index in [-0.39, 0.29) is 29.2 Å². The molecule has 3 atom stereocenters. The second-order valence-electron chi connectivity index (χ2n) is 8.16. The highest BCUT2D eigenvalue weighted by molar-refractivity contribution is 5.95. The van der Waals surface area contributed by atoms with E-state index in [2.05, 4.69) is 16.4 Å². The Kier molecular flexibility index (Phi) is 4.51. The summed E-state index contributed by atoms with van der Waals surface area (Å²) >= 11 is 0. The fourth-order valence-electron chi connectivity index (χ4n) is 4.70. The Bertz CT molecular complexity index is 1130. The highest BCUT2D eigenvalue weighted by Gasteiger charge is 2.46. The van der Waals surface area contributed by atoms with Crippen LogP contribution in [0, 0.1) is 12.8 Å². The second-order valence-corrected chi connectivity index (χ2v) is 8.16. The minimum absolute atomic E-state index is 0.119. The van der Waals surface area contributed by atoms with Gasteiger partial charge in [-0.2, -0.15) is 0 Å². The van der Waals surface area contributed by atoms with Crippen molar-refractivity contribution in [3.05, 3.63) is 69.8 Å². The van der Waals surface area contributed by atoms with Gasteiger partial charge in [0.05, 0.1) is 6.10 Å². The summed E-state index contributed by atoms with van der Waals surface area (Å²) in [4.78, 5) is 29.2. The van der Waals surface area contributed by atoms with Gasteiger partial charge in [-0.3, -0.25) is 9.59 Å². The number of amides is 1. The monoisotopic (exact) mass is 391 g/mol. The molecule has 2 aromatic heterocycles. The summed E-state index contributed by atoms with van der Waals surface area (Å²) in [6, 6.07) is 10.1. The molecule has 1 amide bonds.